The van der Waals surface area contributed by atoms with Crippen LogP contribution in [0.25, 0.3) is 11.4 Å². The Morgan fingerprint density at radius 3 is 2.26 bits per heavy atom. The van der Waals surface area contributed by atoms with Crippen LogP contribution in [0.2, 0.25) is 0 Å². The number of hydrogen-bond acceptors (Lipinski definition) is 9. The zero-order chi connectivity index (χ0) is 37.2. The lowest BCUT2D eigenvalue weighted by Crippen LogP contribution is -2.31. The van der Waals surface area contributed by atoms with E-state index in [1.165, 1.54) is 18.2 Å². The van der Waals surface area contributed by atoms with E-state index in [0.29, 0.717) is 17.8 Å². The van der Waals surface area contributed by atoms with Crippen LogP contribution < -0.4 is 18.9 Å². The van der Waals surface area contributed by atoms with Gasteiger partial charge in [0.1, 0.15) is 18.2 Å². The summed E-state index contributed by atoms with van der Waals surface area (Å²) in [6, 6.07) is 31.6. The Labute approximate surface area is 304 Å². The van der Waals surface area contributed by atoms with Gasteiger partial charge < -0.3 is 28.3 Å². The molecule has 0 saturated heterocycles. The van der Waals surface area contributed by atoms with Gasteiger partial charge in [-0.1, -0.05) is 72.8 Å². The Morgan fingerprint density at radius 1 is 0.868 bits per heavy atom. The second-order valence-corrected chi connectivity index (χ2v) is 11.7. The van der Waals surface area contributed by atoms with Gasteiger partial charge in [0, 0.05) is 31.1 Å². The van der Waals surface area contributed by atoms with Gasteiger partial charge in [-0.3, -0.25) is 0 Å². The summed E-state index contributed by atoms with van der Waals surface area (Å²) in [5.74, 6) is -5.11. The first-order valence-electron chi connectivity index (χ1n) is 16.7. The molecule has 2 heterocycles. The average molecular weight is 717 g/mol. The number of rotatable bonds is 15. The SMILES string of the molecule is CCOC(=O)C(CCc1ccccc1)Oc1c(F)c(Oc2cccc(-c3nccn3C)c2)nc(Oc2cc(C#N)ccc2OCc2ccccc2)c1F. The van der Waals surface area contributed by atoms with Crippen LogP contribution in [0.3, 0.4) is 0 Å². The van der Waals surface area contributed by atoms with Crippen LogP contribution in [-0.2, 0) is 29.6 Å². The average Bonchev–Trinajstić information content (AvgIpc) is 3.62. The highest BCUT2D eigenvalue weighted by molar-refractivity contribution is 5.75. The molecule has 1 unspecified atom stereocenters. The van der Waals surface area contributed by atoms with Crippen molar-refractivity contribution in [2.45, 2.75) is 32.5 Å². The van der Waals surface area contributed by atoms with Crippen LogP contribution in [0.15, 0.2) is 116 Å². The minimum atomic E-state index is -1.42. The van der Waals surface area contributed by atoms with E-state index in [9.17, 15) is 10.1 Å². The topological polar surface area (TPSA) is 118 Å². The van der Waals surface area contributed by atoms with E-state index in [0.717, 1.165) is 11.1 Å². The van der Waals surface area contributed by atoms with E-state index in [1.807, 2.05) is 73.8 Å². The normalized spacial score (nSPS) is 11.3. The molecular weight excluding hydrogens is 682 g/mol. The van der Waals surface area contributed by atoms with E-state index in [4.69, 9.17) is 23.7 Å². The fourth-order valence-electron chi connectivity index (χ4n) is 5.33. The van der Waals surface area contributed by atoms with Crippen molar-refractivity contribution in [3.05, 3.63) is 144 Å². The summed E-state index contributed by atoms with van der Waals surface area (Å²) in [4.78, 5) is 21.5. The molecule has 10 nitrogen and oxygen atoms in total. The Kier molecular flexibility index (Phi) is 11.6. The van der Waals surface area contributed by atoms with Gasteiger partial charge in [0.05, 0.1) is 18.2 Å². The van der Waals surface area contributed by atoms with Gasteiger partial charge in [-0.05, 0) is 55.2 Å². The Balaban J connectivity index is 1.40. The third-order valence-electron chi connectivity index (χ3n) is 7.97. The highest BCUT2D eigenvalue weighted by Crippen LogP contribution is 2.41. The third-order valence-corrected chi connectivity index (χ3v) is 7.97. The lowest BCUT2D eigenvalue weighted by Gasteiger charge is -2.20. The van der Waals surface area contributed by atoms with Crippen molar-refractivity contribution in [3.63, 3.8) is 0 Å². The fourth-order valence-corrected chi connectivity index (χ4v) is 5.33. The summed E-state index contributed by atoms with van der Waals surface area (Å²) in [7, 11) is 1.82. The smallest absolute Gasteiger partial charge is 0.347 e. The number of nitrogens with zero attached hydrogens (tertiary/aromatic N) is 4. The van der Waals surface area contributed by atoms with Gasteiger partial charge in [0.15, 0.2) is 17.6 Å². The first-order chi connectivity index (χ1) is 25.8. The molecule has 53 heavy (non-hydrogen) atoms. The number of pyridine rings is 1. The molecule has 2 aromatic heterocycles. The van der Waals surface area contributed by atoms with Gasteiger partial charge in [-0.2, -0.15) is 19.0 Å². The second-order valence-electron chi connectivity index (χ2n) is 11.7. The molecule has 4 aromatic carbocycles. The van der Waals surface area contributed by atoms with Gasteiger partial charge in [0.25, 0.3) is 11.8 Å². The molecule has 0 saturated carbocycles. The lowest BCUT2D eigenvalue weighted by atomic mass is 10.1. The minimum Gasteiger partial charge on any atom is -0.485 e. The van der Waals surface area contributed by atoms with Crippen LogP contribution in [0.5, 0.6) is 34.8 Å². The molecule has 6 aromatic rings. The zero-order valence-corrected chi connectivity index (χ0v) is 28.9. The van der Waals surface area contributed by atoms with Crippen LogP contribution in [-0.4, -0.2) is 33.2 Å². The molecule has 0 spiro atoms. The number of benzene rings is 4. The first kappa shape index (κ1) is 36.1. The first-order valence-corrected chi connectivity index (χ1v) is 16.7. The Bertz CT molecular complexity index is 2220. The Hall–Kier alpha value is -6.74. The van der Waals surface area contributed by atoms with Crippen molar-refractivity contribution in [1.29, 1.82) is 5.26 Å². The van der Waals surface area contributed by atoms with Crippen LogP contribution in [0.4, 0.5) is 8.78 Å². The van der Waals surface area contributed by atoms with Crippen molar-refractivity contribution >= 4 is 5.97 Å². The van der Waals surface area contributed by atoms with Crippen molar-refractivity contribution in [3.8, 4) is 52.2 Å². The maximum absolute atomic E-state index is 16.5. The number of carbonyl (C=O) groups is 1. The summed E-state index contributed by atoms with van der Waals surface area (Å²) in [5, 5.41) is 9.63. The molecule has 6 rings (SSSR count). The summed E-state index contributed by atoms with van der Waals surface area (Å²) in [6.07, 6.45) is 2.36. The van der Waals surface area contributed by atoms with E-state index in [1.54, 1.807) is 48.1 Å². The maximum Gasteiger partial charge on any atom is 0.347 e. The van der Waals surface area contributed by atoms with Crippen LogP contribution in [0, 0.1) is 23.0 Å². The van der Waals surface area contributed by atoms with Gasteiger partial charge >= 0.3 is 5.97 Å². The lowest BCUT2D eigenvalue weighted by molar-refractivity contribution is -0.151. The molecule has 0 amide bonds. The quantitative estimate of drug-likeness (QED) is 0.0962. The van der Waals surface area contributed by atoms with E-state index < -0.39 is 41.2 Å². The van der Waals surface area contributed by atoms with Gasteiger partial charge in [-0.15, -0.1) is 0 Å². The summed E-state index contributed by atoms with van der Waals surface area (Å²) < 4.78 is 63.6. The van der Waals surface area contributed by atoms with Gasteiger partial charge in [-0.25, -0.2) is 9.78 Å². The zero-order valence-electron chi connectivity index (χ0n) is 28.9. The molecule has 0 aliphatic rings. The number of carbonyl (C=O) groups excluding carboxylic acids is 1. The molecule has 0 aliphatic carbocycles. The maximum atomic E-state index is 16.5. The number of aryl methyl sites for hydroxylation is 2. The number of aromatic nitrogens is 3. The van der Waals surface area contributed by atoms with Crippen molar-refractivity contribution < 1.29 is 37.3 Å². The van der Waals surface area contributed by atoms with Crippen molar-refractivity contribution in [2.24, 2.45) is 7.05 Å². The van der Waals surface area contributed by atoms with E-state index in [2.05, 4.69) is 9.97 Å². The predicted molar refractivity (Wildman–Crippen MR) is 191 cm³/mol. The predicted octanol–water partition coefficient (Wildman–Crippen LogP) is 8.74. The highest BCUT2D eigenvalue weighted by Gasteiger charge is 2.31. The number of halogens is 2. The number of imidazole rings is 1. The largest absolute Gasteiger partial charge is 0.485 e. The summed E-state index contributed by atoms with van der Waals surface area (Å²) in [6.45, 7) is 1.76. The second kappa shape index (κ2) is 17.0. The molecular formula is C41H34F2N4O6. The highest BCUT2D eigenvalue weighted by atomic mass is 19.1. The molecule has 0 fully saturated rings. The van der Waals surface area contributed by atoms with Crippen LogP contribution in [0.1, 0.15) is 30.0 Å². The minimum absolute atomic E-state index is 0.0153. The van der Waals surface area contributed by atoms with Crippen molar-refractivity contribution in [2.75, 3.05) is 6.61 Å². The summed E-state index contributed by atoms with van der Waals surface area (Å²) >= 11 is 0. The van der Waals surface area contributed by atoms with Crippen LogP contribution >= 0.6 is 0 Å². The third kappa shape index (κ3) is 8.95. The standard InChI is InChI=1S/C41H34F2N4O6/c1-3-49-41(48)33(20-17-27-11-6-4-7-12-27)52-37-35(42)39(51-31-16-10-15-30(24-31)38-45-21-22-47(38)2)46-40(36(37)43)53-34-23-29(25-44)18-19-32(34)50-26-28-13-8-5-9-14-28/h4-16,18-19,21-24,33H,3,17,20,26H2,1-2H3. The molecule has 0 radical (unpaired) electrons. The molecule has 0 bridgehead atoms. The Morgan fingerprint density at radius 2 is 1.58 bits per heavy atom. The number of esters is 1. The summed E-state index contributed by atoms with van der Waals surface area (Å²) in [5.41, 5.74) is 2.55. The monoisotopic (exact) mass is 716 g/mol. The molecule has 0 aliphatic heterocycles. The fraction of sp³-hybridized carbons (Fsp3) is 0.171. The van der Waals surface area contributed by atoms with Gasteiger partial charge in [0.2, 0.25) is 17.4 Å². The molecule has 12 heteroatoms. The number of hydrogen-bond donors (Lipinski definition) is 0. The molecule has 1 atom stereocenters. The van der Waals surface area contributed by atoms with Crippen molar-refractivity contribution in [1.82, 2.24) is 14.5 Å². The molecule has 268 valence electrons. The number of ether oxygens (including phenoxy) is 5. The van der Waals surface area contributed by atoms with E-state index >= 15 is 8.78 Å². The van der Waals surface area contributed by atoms with E-state index in [-0.39, 0.29) is 42.4 Å². The number of nitriles is 1. The molecule has 0 N–H and O–H groups in total.